The molecule has 1 aliphatic carbocycles. The van der Waals surface area contributed by atoms with Gasteiger partial charge in [-0.05, 0) is 19.3 Å². The van der Waals surface area contributed by atoms with Crippen molar-refractivity contribution < 1.29 is 41.3 Å². The van der Waals surface area contributed by atoms with Gasteiger partial charge in [0, 0.05) is 45.3 Å². The van der Waals surface area contributed by atoms with Crippen LogP contribution in [0, 0.1) is 31.1 Å². The van der Waals surface area contributed by atoms with Crippen LogP contribution in [0.2, 0.25) is 0 Å². The summed E-state index contributed by atoms with van der Waals surface area (Å²) in [4.78, 5) is 0. The van der Waals surface area contributed by atoms with E-state index in [9.17, 15) is 0 Å². The van der Waals surface area contributed by atoms with Gasteiger partial charge in [-0.2, -0.15) is 0 Å². The van der Waals surface area contributed by atoms with E-state index in [0.717, 1.165) is 14.2 Å². The van der Waals surface area contributed by atoms with Crippen LogP contribution >= 0.6 is 0 Å². The predicted molar refractivity (Wildman–Crippen MR) is 39.3 cm³/mol. The standard InChI is InChI=1S/C5H8.2CH4O.U/c1-2-4-5-3-1;2*1-2;/h1-2H,3-5H2;2*2H,1H3;. The van der Waals surface area contributed by atoms with E-state index in [-0.39, 0.29) is 31.1 Å². The van der Waals surface area contributed by atoms with Crippen molar-refractivity contribution in [3.05, 3.63) is 12.2 Å². The Balaban J connectivity index is -0.0000000875. The van der Waals surface area contributed by atoms with E-state index in [1.165, 1.54) is 19.3 Å². The fourth-order valence-corrected chi connectivity index (χ4v) is 0.589. The predicted octanol–water partition coefficient (Wildman–Crippen LogP) is 0.944. The van der Waals surface area contributed by atoms with Gasteiger partial charge in [-0.25, -0.2) is 0 Å². The molecule has 0 fully saturated rings. The average Bonchev–Trinajstić information content (AvgIpc) is 2.51. The fraction of sp³-hybridized carbons (Fsp3) is 0.714. The molecule has 0 aromatic heterocycles. The van der Waals surface area contributed by atoms with Crippen molar-refractivity contribution in [3.63, 3.8) is 0 Å². The quantitative estimate of drug-likeness (QED) is 0.624. The van der Waals surface area contributed by atoms with E-state index < -0.39 is 0 Å². The average molecular weight is 370 g/mol. The number of rotatable bonds is 0. The Bertz CT molecular complexity index is 49.6. The summed E-state index contributed by atoms with van der Waals surface area (Å²) in [5.74, 6) is 0. The second-order valence-corrected chi connectivity index (χ2v) is 1.40. The maximum atomic E-state index is 7.00. The molecular formula is C7H16O2U. The number of allylic oxidation sites excluding steroid dienone is 2. The van der Waals surface area contributed by atoms with Gasteiger partial charge >= 0.3 is 0 Å². The molecule has 2 N–H and O–H groups in total. The Morgan fingerprint density at radius 2 is 1.20 bits per heavy atom. The Labute approximate surface area is 86.7 Å². The van der Waals surface area contributed by atoms with Crippen LogP contribution in [-0.4, -0.2) is 24.4 Å². The third kappa shape index (κ3) is 15.9. The molecule has 2 nitrogen and oxygen atoms in total. The molecule has 0 aliphatic heterocycles. The van der Waals surface area contributed by atoms with Crippen molar-refractivity contribution in [1.82, 2.24) is 0 Å². The van der Waals surface area contributed by atoms with Crippen LogP contribution in [0.15, 0.2) is 12.2 Å². The third-order valence-corrected chi connectivity index (χ3v) is 0.908. The molecule has 1 aliphatic rings. The number of aliphatic hydroxyl groups excluding tert-OH is 2. The van der Waals surface area contributed by atoms with Gasteiger partial charge in [0.15, 0.2) is 0 Å². The Morgan fingerprint density at radius 3 is 1.30 bits per heavy atom. The molecule has 10 heavy (non-hydrogen) atoms. The molecule has 3 heteroatoms. The van der Waals surface area contributed by atoms with Crippen LogP contribution < -0.4 is 0 Å². The van der Waals surface area contributed by atoms with E-state index in [0.29, 0.717) is 0 Å². The molecule has 0 radical (unpaired) electrons. The van der Waals surface area contributed by atoms with Gasteiger partial charge in [0.05, 0.1) is 0 Å². The van der Waals surface area contributed by atoms with Gasteiger partial charge in [0.2, 0.25) is 0 Å². The second kappa shape index (κ2) is 22.6. The maximum absolute atomic E-state index is 7.00. The normalized spacial score (nSPS) is 11.6. The first-order chi connectivity index (χ1) is 4.50. The molecule has 0 heterocycles. The zero-order chi connectivity index (χ0) is 7.54. The molecule has 0 spiro atoms. The third-order valence-electron chi connectivity index (χ3n) is 0.908. The van der Waals surface area contributed by atoms with E-state index in [1.54, 1.807) is 0 Å². The van der Waals surface area contributed by atoms with Gasteiger partial charge < -0.3 is 10.2 Å². The van der Waals surface area contributed by atoms with Crippen molar-refractivity contribution in [1.29, 1.82) is 0 Å². The van der Waals surface area contributed by atoms with Crippen LogP contribution in [0.25, 0.3) is 0 Å². The van der Waals surface area contributed by atoms with Crippen molar-refractivity contribution in [2.45, 2.75) is 19.3 Å². The first-order valence-corrected chi connectivity index (χ1v) is 3.04. The molecule has 1 rings (SSSR count). The zero-order valence-corrected chi connectivity index (χ0v) is 10.8. The van der Waals surface area contributed by atoms with Crippen LogP contribution in [0.5, 0.6) is 0 Å². The van der Waals surface area contributed by atoms with E-state index in [2.05, 4.69) is 12.2 Å². The molecule has 0 amide bonds. The van der Waals surface area contributed by atoms with Crippen LogP contribution in [-0.2, 0) is 0 Å². The van der Waals surface area contributed by atoms with Gasteiger partial charge in [-0.3, -0.25) is 0 Å². The van der Waals surface area contributed by atoms with Gasteiger partial charge in [-0.15, -0.1) is 0 Å². The monoisotopic (exact) mass is 370 g/mol. The minimum Gasteiger partial charge on any atom is -0.400 e. The Hall–Kier alpha value is 0.712. The van der Waals surface area contributed by atoms with Crippen molar-refractivity contribution >= 4 is 0 Å². The minimum absolute atomic E-state index is 0. The summed E-state index contributed by atoms with van der Waals surface area (Å²) < 4.78 is 0. The summed E-state index contributed by atoms with van der Waals surface area (Å²) >= 11 is 0. The molecular weight excluding hydrogens is 354 g/mol. The smallest absolute Gasteiger partial charge is 0.0319 e. The van der Waals surface area contributed by atoms with Crippen molar-refractivity contribution in [2.75, 3.05) is 14.2 Å². The SMILES string of the molecule is C1=CCCC1.CO.CO.[U]. The van der Waals surface area contributed by atoms with Crippen LogP contribution in [0.3, 0.4) is 0 Å². The molecule has 0 aromatic rings. The summed E-state index contributed by atoms with van der Waals surface area (Å²) in [6, 6.07) is 0. The molecule has 0 saturated heterocycles. The Morgan fingerprint density at radius 1 is 0.900 bits per heavy atom. The molecule has 0 saturated carbocycles. The van der Waals surface area contributed by atoms with Gasteiger partial charge in [0.1, 0.15) is 0 Å². The largest absolute Gasteiger partial charge is 0.400 e. The van der Waals surface area contributed by atoms with Crippen LogP contribution in [0.1, 0.15) is 19.3 Å². The first-order valence-electron chi connectivity index (χ1n) is 3.04. The van der Waals surface area contributed by atoms with Crippen molar-refractivity contribution in [2.24, 2.45) is 0 Å². The fourth-order valence-electron chi connectivity index (χ4n) is 0.589. The summed E-state index contributed by atoms with van der Waals surface area (Å²) in [7, 11) is 2.00. The molecule has 0 atom stereocenters. The van der Waals surface area contributed by atoms with E-state index >= 15 is 0 Å². The molecule has 0 bridgehead atoms. The topological polar surface area (TPSA) is 40.5 Å². The van der Waals surface area contributed by atoms with E-state index in [1.807, 2.05) is 0 Å². The summed E-state index contributed by atoms with van der Waals surface area (Å²) in [5, 5.41) is 14.0. The molecule has 0 aromatic carbocycles. The van der Waals surface area contributed by atoms with Gasteiger partial charge in [-0.1, -0.05) is 12.2 Å². The van der Waals surface area contributed by atoms with Crippen molar-refractivity contribution in [3.8, 4) is 0 Å². The maximum Gasteiger partial charge on any atom is 0.0319 e. The van der Waals surface area contributed by atoms with Gasteiger partial charge in [0.25, 0.3) is 0 Å². The number of hydrogen-bond acceptors (Lipinski definition) is 2. The number of hydrogen-bond donors (Lipinski definition) is 2. The van der Waals surface area contributed by atoms with Crippen LogP contribution in [0.4, 0.5) is 0 Å². The Kier molecular flexibility index (Phi) is 38.4. The minimum atomic E-state index is 0. The summed E-state index contributed by atoms with van der Waals surface area (Å²) in [6.45, 7) is 0. The zero-order valence-electron chi connectivity index (χ0n) is 6.67. The number of aliphatic hydroxyl groups is 2. The molecule has 0 unspecified atom stereocenters. The summed E-state index contributed by atoms with van der Waals surface area (Å²) in [5.41, 5.74) is 0. The molecule has 60 valence electrons. The summed E-state index contributed by atoms with van der Waals surface area (Å²) in [6.07, 6.45) is 8.50. The first kappa shape index (κ1) is 17.0. The van der Waals surface area contributed by atoms with E-state index in [4.69, 9.17) is 10.2 Å². The second-order valence-electron chi connectivity index (χ2n) is 1.40.